The zero-order valence-electron chi connectivity index (χ0n) is 13.1. The fourth-order valence-electron chi connectivity index (χ4n) is 2.33. The minimum absolute atomic E-state index is 0.161. The van der Waals surface area contributed by atoms with Gasteiger partial charge in [-0.1, -0.05) is 0 Å². The molecule has 1 unspecified atom stereocenters. The van der Waals surface area contributed by atoms with E-state index >= 15 is 0 Å². The predicted octanol–water partition coefficient (Wildman–Crippen LogP) is -0.408. The van der Waals surface area contributed by atoms with Gasteiger partial charge in [0.1, 0.15) is 28.4 Å². The summed E-state index contributed by atoms with van der Waals surface area (Å²) >= 11 is 0. The van der Waals surface area contributed by atoms with Crippen molar-refractivity contribution in [2.45, 2.75) is 17.6 Å². The summed E-state index contributed by atoms with van der Waals surface area (Å²) in [7, 11) is -4.56. The minimum atomic E-state index is -4.56. The Balaban J connectivity index is 1.95. The molecular weight excluding hydrogens is 372 g/mol. The van der Waals surface area contributed by atoms with Gasteiger partial charge < -0.3 is 19.4 Å². The Morgan fingerprint density at radius 3 is 2.50 bits per heavy atom. The van der Waals surface area contributed by atoms with Crippen LogP contribution in [0.2, 0.25) is 0 Å². The predicted molar refractivity (Wildman–Crippen MR) is 79.9 cm³/mol. The summed E-state index contributed by atoms with van der Waals surface area (Å²) in [6, 6.07) is 5.74. The first-order valence-corrected chi connectivity index (χ1v) is 8.47. The number of halogens is 2. The van der Waals surface area contributed by atoms with E-state index in [1.54, 1.807) is 0 Å². The molecule has 1 atom stereocenters. The average molecular weight is 382 g/mol. The zero-order chi connectivity index (χ0) is 19.1. The number of nitrogens with one attached hydrogen (secondary N) is 1. The first-order valence-electron chi connectivity index (χ1n) is 7.06. The molecule has 0 aromatic heterocycles. The van der Waals surface area contributed by atoms with E-state index in [-0.39, 0.29) is 11.1 Å². The van der Waals surface area contributed by atoms with E-state index in [1.807, 2.05) is 5.32 Å². The summed E-state index contributed by atoms with van der Waals surface area (Å²) < 4.78 is 55.8. The molecule has 1 heterocycles. The van der Waals surface area contributed by atoms with Crippen molar-refractivity contribution >= 4 is 16.2 Å². The maximum atomic E-state index is 13.7. The molecule has 26 heavy (non-hydrogen) atoms. The highest BCUT2D eigenvalue weighted by Crippen LogP contribution is 2.20. The second kappa shape index (κ2) is 6.02. The number of carbonyl (C=O) groups excluding carboxylic acids is 1. The second-order valence-corrected chi connectivity index (χ2v) is 6.93. The van der Waals surface area contributed by atoms with Crippen LogP contribution < -0.4 is 25.3 Å². The third kappa shape index (κ3) is 3.47. The molecule has 2 aromatic rings. The van der Waals surface area contributed by atoms with Crippen molar-refractivity contribution in [3.63, 3.8) is 0 Å². The first-order chi connectivity index (χ1) is 12.1. The van der Waals surface area contributed by atoms with Gasteiger partial charge in [-0.25, -0.2) is 18.8 Å². The maximum absolute atomic E-state index is 13.7. The van der Waals surface area contributed by atoms with Crippen molar-refractivity contribution in [2.75, 3.05) is 0 Å². The molecule has 1 aliphatic heterocycles. The van der Waals surface area contributed by atoms with E-state index in [2.05, 4.69) is 9.98 Å². The molecule has 8 nitrogen and oxygen atoms in total. The summed E-state index contributed by atoms with van der Waals surface area (Å²) in [4.78, 5) is 17.9. The number of benzene rings is 2. The molecule has 2 aromatic carbocycles. The molecule has 11 heteroatoms. The molecule has 136 valence electrons. The van der Waals surface area contributed by atoms with Crippen molar-refractivity contribution in [1.29, 1.82) is 0 Å². The molecule has 1 amide bonds. The lowest BCUT2D eigenvalue weighted by Gasteiger charge is -2.20. The molecule has 0 spiro atoms. The van der Waals surface area contributed by atoms with E-state index in [4.69, 9.17) is 4.18 Å². The number of hydrogen-bond donors (Lipinski definition) is 1. The van der Waals surface area contributed by atoms with Crippen molar-refractivity contribution in [3.05, 3.63) is 58.7 Å². The van der Waals surface area contributed by atoms with E-state index in [9.17, 15) is 27.1 Å². The monoisotopic (exact) mass is 382 g/mol. The smallest absolute Gasteiger partial charge is 0.342 e. The highest BCUT2D eigenvalue weighted by atomic mass is 32.2. The highest BCUT2D eigenvalue weighted by molar-refractivity contribution is 7.87. The summed E-state index contributed by atoms with van der Waals surface area (Å²) in [5.41, 5.74) is 0. The maximum Gasteiger partial charge on any atom is 0.342 e. The topological polar surface area (TPSA) is 120 Å². The van der Waals surface area contributed by atoms with Crippen molar-refractivity contribution in [3.8, 4) is 5.75 Å². The fourth-order valence-corrected chi connectivity index (χ4v) is 3.31. The van der Waals surface area contributed by atoms with E-state index in [1.165, 1.54) is 25.1 Å². The normalized spacial score (nSPS) is 18.4. The van der Waals surface area contributed by atoms with Crippen LogP contribution in [-0.4, -0.2) is 20.3 Å². The number of nitrogens with zero attached hydrogens (tertiary/aromatic N) is 2. The molecule has 1 N–H and O–H groups in total. The van der Waals surface area contributed by atoms with Gasteiger partial charge in [-0.15, -0.1) is 0 Å². The molecule has 0 bridgehead atoms. The number of carboxylic acid groups (broad SMARTS) is 1. The molecule has 0 aliphatic carbocycles. The number of carbonyl (C=O) groups is 1. The Morgan fingerprint density at radius 1 is 1.15 bits per heavy atom. The van der Waals surface area contributed by atoms with Crippen LogP contribution in [0.3, 0.4) is 0 Å². The Labute approximate surface area is 145 Å². The molecular formula is C15H10F2N3O5S-. The van der Waals surface area contributed by atoms with Gasteiger partial charge >= 0.3 is 10.1 Å². The van der Waals surface area contributed by atoms with Crippen molar-refractivity contribution in [1.82, 2.24) is 5.32 Å². The van der Waals surface area contributed by atoms with Crippen LogP contribution in [0, 0.1) is 11.6 Å². The summed E-state index contributed by atoms with van der Waals surface area (Å²) in [5.74, 6) is -3.94. The first kappa shape index (κ1) is 17.7. The average Bonchev–Trinajstić information content (AvgIpc) is 2.80. The lowest BCUT2D eigenvalue weighted by atomic mass is 10.3. The van der Waals surface area contributed by atoms with Gasteiger partial charge in [-0.3, -0.25) is 0 Å². The lowest BCUT2D eigenvalue weighted by Crippen LogP contribution is -2.48. The van der Waals surface area contributed by atoms with E-state index in [0.717, 1.165) is 12.1 Å². The zero-order valence-corrected chi connectivity index (χ0v) is 13.9. The number of amides is 1. The van der Waals surface area contributed by atoms with E-state index < -0.39 is 38.5 Å². The summed E-state index contributed by atoms with van der Waals surface area (Å²) in [5, 5.41) is 13.1. The van der Waals surface area contributed by atoms with Gasteiger partial charge in [0, 0.05) is 19.1 Å². The largest absolute Gasteiger partial charge is 0.530 e. The standard InChI is InChI=1S/C15H11F2N3O5S/c1-15(20-14(21)22)18-11-4-3-9(7-12(11)19-15)25-26(23,24)13-5-2-8(16)6-10(13)17/h2-7,20H,1H3,(H,21,22)/p-1. The second-order valence-electron chi connectivity index (χ2n) is 5.42. The number of hydrogen-bond acceptors (Lipinski definition) is 7. The van der Waals surface area contributed by atoms with Gasteiger partial charge in [0.25, 0.3) is 0 Å². The van der Waals surface area contributed by atoms with Crippen molar-refractivity contribution in [2.24, 2.45) is 9.98 Å². The quantitative estimate of drug-likeness (QED) is 0.721. The summed E-state index contributed by atoms with van der Waals surface area (Å²) in [6.07, 6.45) is -1.58. The third-order valence-corrected chi connectivity index (χ3v) is 4.61. The van der Waals surface area contributed by atoms with Crippen LogP contribution in [0.1, 0.15) is 6.92 Å². The summed E-state index contributed by atoms with van der Waals surface area (Å²) in [6.45, 7) is 1.37. The van der Waals surface area contributed by atoms with Gasteiger partial charge in [-0.2, -0.15) is 8.42 Å². The van der Waals surface area contributed by atoms with E-state index in [0.29, 0.717) is 11.4 Å². The van der Waals surface area contributed by atoms with Crippen LogP contribution in [0.5, 0.6) is 5.75 Å². The molecule has 0 saturated heterocycles. The molecule has 1 aliphatic rings. The van der Waals surface area contributed by atoms with Crippen LogP contribution in [0.25, 0.3) is 0 Å². The number of rotatable bonds is 4. The Kier molecular flexibility index (Phi) is 4.11. The van der Waals surface area contributed by atoms with Gasteiger partial charge in [0.2, 0.25) is 5.79 Å². The highest BCUT2D eigenvalue weighted by Gasteiger charge is 2.26. The van der Waals surface area contributed by atoms with Gasteiger partial charge in [0.15, 0.2) is 0 Å². The van der Waals surface area contributed by atoms with Crippen LogP contribution in [-0.2, 0) is 10.1 Å². The SMILES string of the molecule is CC1(NC(=O)[O-])N=c2ccc(OS(=O)(=O)c3ccc(F)cc3F)cc2=N1. The third-order valence-electron chi connectivity index (χ3n) is 3.33. The fraction of sp³-hybridized carbons (Fsp3) is 0.133. The molecule has 0 fully saturated rings. The van der Waals surface area contributed by atoms with Gasteiger partial charge in [-0.05, 0) is 24.3 Å². The van der Waals surface area contributed by atoms with Crippen LogP contribution >= 0.6 is 0 Å². The minimum Gasteiger partial charge on any atom is -0.530 e. The van der Waals surface area contributed by atoms with Crippen molar-refractivity contribution < 1.29 is 31.3 Å². The van der Waals surface area contributed by atoms with Gasteiger partial charge in [0.05, 0.1) is 10.7 Å². The molecule has 0 radical (unpaired) electrons. The molecule has 3 rings (SSSR count). The molecule has 0 saturated carbocycles. The van der Waals surface area contributed by atoms with Crippen LogP contribution in [0.4, 0.5) is 13.6 Å². The Morgan fingerprint density at radius 2 is 1.85 bits per heavy atom. The number of fused-ring (bicyclic) bond motifs is 1. The Bertz CT molecular complexity index is 1140. The van der Waals surface area contributed by atoms with Crippen LogP contribution in [0.15, 0.2) is 51.3 Å². The Hall–Kier alpha value is -3.08. The lowest BCUT2D eigenvalue weighted by molar-refractivity contribution is -0.252.